The Bertz CT molecular complexity index is 1180. The molecule has 3 aromatic carbocycles. The van der Waals surface area contributed by atoms with Crippen LogP contribution in [0.5, 0.6) is 0 Å². The minimum Gasteiger partial charge on any atom is -0.313 e. The van der Waals surface area contributed by atoms with Crippen LogP contribution < -0.4 is 0 Å². The summed E-state index contributed by atoms with van der Waals surface area (Å²) in [5.41, 5.74) is 2.68. The molecule has 31 heavy (non-hydrogen) atoms. The Labute approximate surface area is 204 Å². The molecule has 1 aliphatic carbocycles. The maximum absolute atomic E-state index is 12.5. The summed E-state index contributed by atoms with van der Waals surface area (Å²) in [6.07, 6.45) is 0.813. The molecule has 0 radical (unpaired) electrons. The van der Waals surface area contributed by atoms with E-state index in [1.165, 1.54) is 18.2 Å². The fourth-order valence-electron chi connectivity index (χ4n) is 3.36. The summed E-state index contributed by atoms with van der Waals surface area (Å²) >= 11 is 30.3. The standard InChI is InChI=1S/C23H14Cl5NO2/c24-14-4-1-12(2-5-14)22(18-11-17(18)16-7-6-15(25)10-20(16)27)29-31-23(30)13-3-8-19(26)21(28)9-13/h1-10,17-18H,11H2/b29-22-. The van der Waals surface area contributed by atoms with Crippen LogP contribution in [0.25, 0.3) is 0 Å². The van der Waals surface area contributed by atoms with Gasteiger partial charge in [-0.3, -0.25) is 0 Å². The molecule has 0 heterocycles. The van der Waals surface area contributed by atoms with Crippen molar-refractivity contribution < 1.29 is 9.63 Å². The number of hydrogen-bond donors (Lipinski definition) is 0. The topological polar surface area (TPSA) is 38.7 Å². The lowest BCUT2D eigenvalue weighted by Crippen LogP contribution is -2.09. The minimum absolute atomic E-state index is 0.0291. The summed E-state index contributed by atoms with van der Waals surface area (Å²) in [4.78, 5) is 17.8. The third-order valence-electron chi connectivity index (χ3n) is 5.03. The molecule has 3 nitrogen and oxygen atoms in total. The van der Waals surface area contributed by atoms with Gasteiger partial charge in [0.25, 0.3) is 0 Å². The average Bonchev–Trinajstić information content (AvgIpc) is 3.51. The van der Waals surface area contributed by atoms with Crippen LogP contribution in [0.3, 0.4) is 0 Å². The maximum Gasteiger partial charge on any atom is 0.365 e. The second-order valence-electron chi connectivity index (χ2n) is 7.11. The molecule has 4 rings (SSSR count). The quantitative estimate of drug-likeness (QED) is 0.195. The van der Waals surface area contributed by atoms with E-state index in [0.717, 1.165) is 17.5 Å². The Balaban J connectivity index is 1.61. The van der Waals surface area contributed by atoms with Gasteiger partial charge >= 0.3 is 5.97 Å². The van der Waals surface area contributed by atoms with Crippen LogP contribution in [0, 0.1) is 5.92 Å². The second-order valence-corrected chi connectivity index (χ2v) is 9.20. The molecule has 0 N–H and O–H groups in total. The van der Waals surface area contributed by atoms with E-state index in [-0.39, 0.29) is 22.4 Å². The third-order valence-corrected chi connectivity index (χ3v) is 6.58. The zero-order valence-corrected chi connectivity index (χ0v) is 19.6. The molecule has 0 bridgehead atoms. The molecule has 2 atom stereocenters. The number of halogens is 5. The lowest BCUT2D eigenvalue weighted by atomic mass is 10.0. The van der Waals surface area contributed by atoms with Crippen LogP contribution in [0.15, 0.2) is 65.8 Å². The molecule has 8 heteroatoms. The van der Waals surface area contributed by atoms with E-state index in [2.05, 4.69) is 5.16 Å². The van der Waals surface area contributed by atoms with Gasteiger partial charge in [-0.1, -0.05) is 81.4 Å². The third kappa shape index (κ3) is 5.19. The summed E-state index contributed by atoms with van der Waals surface area (Å²) in [5, 5.41) is 6.61. The molecule has 0 aliphatic heterocycles. The van der Waals surface area contributed by atoms with Gasteiger partial charge in [-0.05, 0) is 65.9 Å². The van der Waals surface area contributed by atoms with Crippen LogP contribution in [0.4, 0.5) is 0 Å². The molecule has 158 valence electrons. The van der Waals surface area contributed by atoms with Crippen LogP contribution in [-0.2, 0) is 4.84 Å². The Hall–Kier alpha value is -1.75. The number of nitrogens with zero attached hydrogens (tertiary/aromatic N) is 1. The van der Waals surface area contributed by atoms with Gasteiger partial charge in [0, 0.05) is 21.0 Å². The van der Waals surface area contributed by atoms with Gasteiger partial charge in [0.2, 0.25) is 0 Å². The zero-order valence-electron chi connectivity index (χ0n) is 15.8. The molecule has 2 unspecified atom stereocenters. The number of oxime groups is 1. The first-order valence-electron chi connectivity index (χ1n) is 9.28. The first kappa shape index (κ1) is 22.4. The molecule has 0 aromatic heterocycles. The van der Waals surface area contributed by atoms with Crippen LogP contribution in [-0.4, -0.2) is 11.7 Å². The van der Waals surface area contributed by atoms with Crippen molar-refractivity contribution in [3.05, 3.63) is 102 Å². The number of benzene rings is 3. The number of carbonyl (C=O) groups excluding carboxylic acids is 1. The highest BCUT2D eigenvalue weighted by atomic mass is 35.5. The Morgan fingerprint density at radius 1 is 0.774 bits per heavy atom. The predicted molar refractivity (Wildman–Crippen MR) is 127 cm³/mol. The average molecular weight is 514 g/mol. The van der Waals surface area contributed by atoms with E-state index in [1.807, 2.05) is 24.3 Å². The molecule has 1 saturated carbocycles. The van der Waals surface area contributed by atoms with Gasteiger partial charge in [-0.15, -0.1) is 0 Å². The highest BCUT2D eigenvalue weighted by Gasteiger charge is 2.44. The van der Waals surface area contributed by atoms with Gasteiger partial charge < -0.3 is 4.84 Å². The largest absolute Gasteiger partial charge is 0.365 e. The molecule has 0 amide bonds. The molecule has 0 saturated heterocycles. The van der Waals surface area contributed by atoms with Crippen molar-refractivity contribution >= 4 is 69.7 Å². The van der Waals surface area contributed by atoms with Crippen molar-refractivity contribution in [3.63, 3.8) is 0 Å². The van der Waals surface area contributed by atoms with E-state index < -0.39 is 5.97 Å². The van der Waals surface area contributed by atoms with Gasteiger partial charge in [0.1, 0.15) is 0 Å². The SMILES string of the molecule is O=C(O/N=C(/c1ccc(Cl)cc1)C1CC1c1ccc(Cl)cc1Cl)c1ccc(Cl)c(Cl)c1. The molecular formula is C23H14Cl5NO2. The zero-order chi connectivity index (χ0) is 22.1. The fraction of sp³-hybridized carbons (Fsp3) is 0.130. The van der Waals surface area contributed by atoms with Crippen LogP contribution >= 0.6 is 58.0 Å². The van der Waals surface area contributed by atoms with Crippen LogP contribution in [0.1, 0.15) is 33.8 Å². The number of carbonyl (C=O) groups is 1. The highest BCUT2D eigenvalue weighted by Crippen LogP contribution is 2.51. The normalized spacial score (nSPS) is 18.0. The van der Waals surface area contributed by atoms with Crippen molar-refractivity contribution in [2.45, 2.75) is 12.3 Å². The first-order valence-corrected chi connectivity index (χ1v) is 11.2. The summed E-state index contributed by atoms with van der Waals surface area (Å²) < 4.78 is 0. The summed E-state index contributed by atoms with van der Waals surface area (Å²) in [6.45, 7) is 0. The van der Waals surface area contributed by atoms with Crippen molar-refractivity contribution in [2.24, 2.45) is 11.1 Å². The minimum atomic E-state index is -0.633. The van der Waals surface area contributed by atoms with Gasteiger partial charge in [0.15, 0.2) is 0 Å². The maximum atomic E-state index is 12.5. The monoisotopic (exact) mass is 511 g/mol. The Kier molecular flexibility index (Phi) is 6.80. The van der Waals surface area contributed by atoms with Crippen molar-refractivity contribution in [2.75, 3.05) is 0 Å². The van der Waals surface area contributed by atoms with E-state index in [1.54, 1.807) is 18.2 Å². The molecule has 0 spiro atoms. The molecule has 1 aliphatic rings. The number of rotatable bonds is 5. The first-order chi connectivity index (χ1) is 14.8. The van der Waals surface area contributed by atoms with Crippen molar-refractivity contribution in [1.82, 2.24) is 0 Å². The van der Waals surface area contributed by atoms with E-state index >= 15 is 0 Å². The fourth-order valence-corrected chi connectivity index (χ4v) is 4.34. The Morgan fingerprint density at radius 2 is 1.45 bits per heavy atom. The Morgan fingerprint density at radius 3 is 2.13 bits per heavy atom. The summed E-state index contributed by atoms with van der Waals surface area (Å²) in [6, 6.07) is 17.2. The number of hydrogen-bond acceptors (Lipinski definition) is 3. The van der Waals surface area contributed by atoms with Crippen molar-refractivity contribution in [1.29, 1.82) is 0 Å². The second kappa shape index (κ2) is 9.40. The molecular weight excluding hydrogens is 500 g/mol. The van der Waals surface area contributed by atoms with Gasteiger partial charge in [0.05, 0.1) is 21.3 Å². The summed E-state index contributed by atoms with van der Waals surface area (Å²) in [7, 11) is 0. The van der Waals surface area contributed by atoms with Crippen molar-refractivity contribution in [3.8, 4) is 0 Å². The van der Waals surface area contributed by atoms with E-state index in [9.17, 15) is 4.79 Å². The molecule has 1 fully saturated rings. The van der Waals surface area contributed by atoms with Crippen LogP contribution in [0.2, 0.25) is 25.1 Å². The van der Waals surface area contributed by atoms with Gasteiger partial charge in [-0.25, -0.2) is 4.79 Å². The highest BCUT2D eigenvalue weighted by molar-refractivity contribution is 6.42. The smallest absolute Gasteiger partial charge is 0.313 e. The van der Waals surface area contributed by atoms with Gasteiger partial charge in [-0.2, -0.15) is 0 Å². The predicted octanol–water partition coefficient (Wildman–Crippen LogP) is 8.32. The lowest BCUT2D eigenvalue weighted by Gasteiger charge is -2.08. The van der Waals surface area contributed by atoms with E-state index in [4.69, 9.17) is 62.8 Å². The lowest BCUT2D eigenvalue weighted by molar-refractivity contribution is 0.0515. The van der Waals surface area contributed by atoms with E-state index in [0.29, 0.717) is 25.8 Å². The summed E-state index contributed by atoms with van der Waals surface area (Å²) in [5.74, 6) is -0.462. The molecule has 3 aromatic rings.